The number of carbonyl (C=O) groups excluding carboxylic acids is 1. The van der Waals surface area contributed by atoms with Crippen LogP contribution < -0.4 is 5.32 Å². The molecule has 0 spiro atoms. The Bertz CT molecular complexity index is 192. The molecule has 0 aliphatic carbocycles. The lowest BCUT2D eigenvalue weighted by molar-refractivity contribution is -0.122. The number of amides is 1. The molecule has 0 aromatic heterocycles. The van der Waals surface area contributed by atoms with E-state index in [0.29, 0.717) is 19.6 Å². The molecular formula is C12H22N2O. The van der Waals surface area contributed by atoms with Gasteiger partial charge in [-0.05, 0) is 6.42 Å². The lowest BCUT2D eigenvalue weighted by Crippen LogP contribution is -2.37. The smallest absolute Gasteiger partial charge is 0.234 e. The third-order valence-corrected chi connectivity index (χ3v) is 1.99. The van der Waals surface area contributed by atoms with Crippen LogP contribution in [0.25, 0.3) is 0 Å². The molecule has 1 amide bonds. The maximum Gasteiger partial charge on any atom is 0.234 e. The molecule has 1 N–H and O–H groups in total. The molecule has 15 heavy (non-hydrogen) atoms. The maximum absolute atomic E-state index is 11.5. The normalized spacial score (nSPS) is 10.0. The van der Waals surface area contributed by atoms with E-state index in [0.717, 1.165) is 19.4 Å². The highest BCUT2D eigenvalue weighted by Gasteiger charge is 2.06. The number of carbonyl (C=O) groups is 1. The molecule has 0 heterocycles. The first-order chi connectivity index (χ1) is 7.24. The fraction of sp³-hybridized carbons (Fsp3) is 0.583. The summed E-state index contributed by atoms with van der Waals surface area (Å²) in [5, 5.41) is 2.88. The van der Waals surface area contributed by atoms with Crippen molar-refractivity contribution >= 4 is 5.91 Å². The molecule has 0 fully saturated rings. The monoisotopic (exact) mass is 210 g/mol. The van der Waals surface area contributed by atoms with Gasteiger partial charge in [-0.25, -0.2) is 0 Å². The summed E-state index contributed by atoms with van der Waals surface area (Å²) < 4.78 is 0. The highest BCUT2D eigenvalue weighted by atomic mass is 16.2. The molecule has 0 saturated carbocycles. The zero-order valence-corrected chi connectivity index (χ0v) is 9.67. The second kappa shape index (κ2) is 9.46. The van der Waals surface area contributed by atoms with Crippen LogP contribution in [0.5, 0.6) is 0 Å². The van der Waals surface area contributed by atoms with Gasteiger partial charge < -0.3 is 5.32 Å². The SMILES string of the molecule is C=CCN(CC=C)CC(=O)NCCCC. The Morgan fingerprint density at radius 1 is 1.33 bits per heavy atom. The minimum Gasteiger partial charge on any atom is -0.355 e. The van der Waals surface area contributed by atoms with Crippen molar-refractivity contribution in [3.8, 4) is 0 Å². The summed E-state index contributed by atoms with van der Waals surface area (Å²) in [6.07, 6.45) is 5.73. The molecule has 0 atom stereocenters. The van der Waals surface area contributed by atoms with Gasteiger partial charge in [0.1, 0.15) is 0 Å². The second-order valence-corrected chi connectivity index (χ2v) is 3.47. The van der Waals surface area contributed by atoms with Crippen molar-refractivity contribution < 1.29 is 4.79 Å². The summed E-state index contributed by atoms with van der Waals surface area (Å²) >= 11 is 0. The molecule has 86 valence electrons. The van der Waals surface area contributed by atoms with E-state index in [1.165, 1.54) is 0 Å². The van der Waals surface area contributed by atoms with Crippen molar-refractivity contribution in [3.05, 3.63) is 25.3 Å². The van der Waals surface area contributed by atoms with Crippen LogP contribution >= 0.6 is 0 Å². The van der Waals surface area contributed by atoms with Crippen LogP contribution in [0.4, 0.5) is 0 Å². The summed E-state index contributed by atoms with van der Waals surface area (Å²) in [7, 11) is 0. The molecule has 3 nitrogen and oxygen atoms in total. The summed E-state index contributed by atoms with van der Waals surface area (Å²) in [6, 6.07) is 0. The Morgan fingerprint density at radius 2 is 1.93 bits per heavy atom. The molecule has 0 unspecified atom stereocenters. The van der Waals surface area contributed by atoms with E-state index < -0.39 is 0 Å². The molecular weight excluding hydrogens is 188 g/mol. The molecule has 0 aromatic rings. The standard InChI is InChI=1S/C12H22N2O/c1-4-7-8-13-12(15)11-14(9-5-2)10-6-3/h5-6H,2-4,7-11H2,1H3,(H,13,15). The highest BCUT2D eigenvalue weighted by molar-refractivity contribution is 5.78. The van der Waals surface area contributed by atoms with Crippen LogP contribution in [0.1, 0.15) is 19.8 Å². The Balaban J connectivity index is 3.77. The van der Waals surface area contributed by atoms with E-state index in [1.54, 1.807) is 12.2 Å². The molecule has 0 aromatic carbocycles. The molecule has 0 bridgehead atoms. The minimum absolute atomic E-state index is 0.0761. The Kier molecular flexibility index (Phi) is 8.78. The van der Waals surface area contributed by atoms with Gasteiger partial charge in [0, 0.05) is 19.6 Å². The molecule has 3 heteroatoms. The van der Waals surface area contributed by atoms with Gasteiger partial charge in [-0.1, -0.05) is 25.5 Å². The zero-order chi connectivity index (χ0) is 11.5. The predicted molar refractivity (Wildman–Crippen MR) is 64.8 cm³/mol. The predicted octanol–water partition coefficient (Wildman–Crippen LogP) is 1.58. The van der Waals surface area contributed by atoms with Crippen LogP contribution in [0, 0.1) is 0 Å². The van der Waals surface area contributed by atoms with Crippen LogP contribution in [0.3, 0.4) is 0 Å². The van der Waals surface area contributed by atoms with E-state index >= 15 is 0 Å². The van der Waals surface area contributed by atoms with Gasteiger partial charge in [0.15, 0.2) is 0 Å². The van der Waals surface area contributed by atoms with E-state index in [4.69, 9.17) is 0 Å². The largest absolute Gasteiger partial charge is 0.355 e. The topological polar surface area (TPSA) is 32.3 Å². The van der Waals surface area contributed by atoms with Crippen LogP contribution in [-0.4, -0.2) is 37.0 Å². The van der Waals surface area contributed by atoms with Crippen LogP contribution in [0.2, 0.25) is 0 Å². The number of rotatable bonds is 9. The van der Waals surface area contributed by atoms with Crippen molar-refractivity contribution in [2.24, 2.45) is 0 Å². The van der Waals surface area contributed by atoms with Gasteiger partial charge in [-0.2, -0.15) is 0 Å². The van der Waals surface area contributed by atoms with E-state index in [9.17, 15) is 4.79 Å². The second-order valence-electron chi connectivity index (χ2n) is 3.47. The quantitative estimate of drug-likeness (QED) is 0.463. The Hall–Kier alpha value is -1.09. The first kappa shape index (κ1) is 13.9. The number of nitrogens with zero attached hydrogens (tertiary/aromatic N) is 1. The van der Waals surface area contributed by atoms with Crippen molar-refractivity contribution in [1.82, 2.24) is 10.2 Å². The van der Waals surface area contributed by atoms with Gasteiger partial charge in [-0.3, -0.25) is 9.69 Å². The number of hydrogen-bond donors (Lipinski definition) is 1. The van der Waals surface area contributed by atoms with E-state index in [-0.39, 0.29) is 5.91 Å². The van der Waals surface area contributed by atoms with Crippen molar-refractivity contribution in [3.63, 3.8) is 0 Å². The molecule has 0 radical (unpaired) electrons. The van der Waals surface area contributed by atoms with Crippen molar-refractivity contribution in [2.75, 3.05) is 26.2 Å². The third kappa shape index (κ3) is 7.94. The summed E-state index contributed by atoms with van der Waals surface area (Å²) in [6.45, 7) is 12.0. The number of unbranched alkanes of at least 4 members (excludes halogenated alkanes) is 1. The first-order valence-electron chi connectivity index (χ1n) is 5.45. The van der Waals surface area contributed by atoms with Gasteiger partial charge in [-0.15, -0.1) is 13.2 Å². The van der Waals surface area contributed by atoms with Crippen molar-refractivity contribution in [1.29, 1.82) is 0 Å². The third-order valence-electron chi connectivity index (χ3n) is 1.99. The minimum atomic E-state index is 0.0761. The van der Waals surface area contributed by atoms with E-state index in [2.05, 4.69) is 25.4 Å². The fourth-order valence-corrected chi connectivity index (χ4v) is 1.23. The van der Waals surface area contributed by atoms with Crippen LogP contribution in [-0.2, 0) is 4.79 Å². The van der Waals surface area contributed by atoms with Gasteiger partial charge in [0.05, 0.1) is 6.54 Å². The molecule has 0 rings (SSSR count). The Morgan fingerprint density at radius 3 is 2.40 bits per heavy atom. The molecule has 0 aliphatic rings. The van der Waals surface area contributed by atoms with Gasteiger partial charge >= 0.3 is 0 Å². The summed E-state index contributed by atoms with van der Waals surface area (Å²) in [5.74, 6) is 0.0761. The fourth-order valence-electron chi connectivity index (χ4n) is 1.23. The van der Waals surface area contributed by atoms with Gasteiger partial charge in [0.25, 0.3) is 0 Å². The lowest BCUT2D eigenvalue weighted by Gasteiger charge is -2.17. The highest BCUT2D eigenvalue weighted by Crippen LogP contribution is 1.89. The average Bonchev–Trinajstić information content (AvgIpc) is 2.19. The average molecular weight is 210 g/mol. The molecule has 0 aliphatic heterocycles. The maximum atomic E-state index is 11.5. The number of hydrogen-bond acceptors (Lipinski definition) is 2. The van der Waals surface area contributed by atoms with Crippen LogP contribution in [0.15, 0.2) is 25.3 Å². The van der Waals surface area contributed by atoms with Gasteiger partial charge in [0.2, 0.25) is 5.91 Å². The summed E-state index contributed by atoms with van der Waals surface area (Å²) in [5.41, 5.74) is 0. The lowest BCUT2D eigenvalue weighted by atomic mass is 10.3. The zero-order valence-electron chi connectivity index (χ0n) is 9.67. The first-order valence-corrected chi connectivity index (χ1v) is 5.45. The number of nitrogens with one attached hydrogen (secondary N) is 1. The van der Waals surface area contributed by atoms with Crippen molar-refractivity contribution in [2.45, 2.75) is 19.8 Å². The summed E-state index contributed by atoms with van der Waals surface area (Å²) in [4.78, 5) is 13.4. The Labute approximate surface area is 92.8 Å². The molecule has 0 saturated heterocycles. The van der Waals surface area contributed by atoms with E-state index in [1.807, 2.05) is 4.90 Å².